The van der Waals surface area contributed by atoms with Gasteiger partial charge in [-0.25, -0.2) is 9.97 Å². The minimum absolute atomic E-state index is 0.0731. The third-order valence-electron chi connectivity index (χ3n) is 7.51. The summed E-state index contributed by atoms with van der Waals surface area (Å²) in [7, 11) is -0.273. The molecule has 0 saturated heterocycles. The van der Waals surface area contributed by atoms with Crippen molar-refractivity contribution < 1.29 is 18.4 Å². The van der Waals surface area contributed by atoms with Gasteiger partial charge >= 0.3 is 0 Å². The maximum atomic E-state index is 11.8. The summed E-state index contributed by atoms with van der Waals surface area (Å²) >= 11 is 0. The van der Waals surface area contributed by atoms with Crippen LogP contribution in [-0.2, 0) is 4.43 Å². The van der Waals surface area contributed by atoms with Crippen LogP contribution in [0.15, 0.2) is 59.4 Å². The molecule has 4 aromatic rings. The number of rotatable bonds is 10. The maximum absolute atomic E-state index is 11.8. The van der Waals surface area contributed by atoms with Crippen molar-refractivity contribution in [2.75, 3.05) is 7.11 Å². The van der Waals surface area contributed by atoms with Gasteiger partial charge in [-0.15, -0.1) is 0 Å². The first-order chi connectivity index (χ1) is 17.9. The molecule has 38 heavy (non-hydrogen) atoms. The Labute approximate surface area is 225 Å². The van der Waals surface area contributed by atoms with Crippen molar-refractivity contribution in [3.63, 3.8) is 0 Å². The molecule has 0 spiro atoms. The predicted molar refractivity (Wildman–Crippen MR) is 152 cm³/mol. The summed E-state index contributed by atoms with van der Waals surface area (Å²) in [5.74, 6) is 0.746. The standard InChI is InChI=1S/C29H38N4O4Si/c1-19(37-38(6,7)29(2,3)4)11-16-24(33-17-23(27(30)34)31-18-33)22-9-8-10-25-26(22)32-28(36-25)20-12-14-21(35-5)15-13-20/h8-10,12-15,17-19,24H,11,16H2,1-7H3,(H2,30,34)/t19-,24?/m0/s1. The molecule has 1 unspecified atom stereocenters. The van der Waals surface area contributed by atoms with Crippen LogP contribution in [0.2, 0.25) is 18.1 Å². The number of para-hydroxylation sites is 1. The smallest absolute Gasteiger partial charge is 0.268 e. The van der Waals surface area contributed by atoms with Gasteiger partial charge in [-0.1, -0.05) is 32.9 Å². The van der Waals surface area contributed by atoms with Crippen LogP contribution in [0.4, 0.5) is 0 Å². The fourth-order valence-electron chi connectivity index (χ4n) is 4.33. The number of fused-ring (bicyclic) bond motifs is 1. The molecule has 2 aromatic carbocycles. The Bertz CT molecular complexity index is 1400. The van der Waals surface area contributed by atoms with Crippen molar-refractivity contribution in [2.45, 2.75) is 70.8 Å². The highest BCUT2D eigenvalue weighted by atomic mass is 28.4. The topological polar surface area (TPSA) is 105 Å². The van der Waals surface area contributed by atoms with E-state index in [4.69, 9.17) is 24.3 Å². The van der Waals surface area contributed by atoms with Gasteiger partial charge in [-0.2, -0.15) is 0 Å². The number of aromatic nitrogens is 3. The van der Waals surface area contributed by atoms with E-state index in [2.05, 4.69) is 51.8 Å². The fraction of sp³-hybridized carbons (Fsp3) is 0.414. The van der Waals surface area contributed by atoms with E-state index in [0.29, 0.717) is 11.5 Å². The second-order valence-electron chi connectivity index (χ2n) is 11.3. The first kappa shape index (κ1) is 27.6. The summed E-state index contributed by atoms with van der Waals surface area (Å²) in [6.45, 7) is 13.4. The zero-order valence-corrected chi connectivity index (χ0v) is 24.3. The number of carbonyl (C=O) groups is 1. The number of nitrogens with zero attached hydrogens (tertiary/aromatic N) is 3. The predicted octanol–water partition coefficient (Wildman–Crippen LogP) is 6.58. The van der Waals surface area contributed by atoms with Crippen molar-refractivity contribution in [3.8, 4) is 17.2 Å². The molecule has 0 fully saturated rings. The van der Waals surface area contributed by atoms with E-state index in [1.165, 1.54) is 0 Å². The van der Waals surface area contributed by atoms with Crippen LogP contribution in [0.5, 0.6) is 5.75 Å². The van der Waals surface area contributed by atoms with Crippen LogP contribution in [0.1, 0.15) is 62.6 Å². The molecule has 1 amide bonds. The molecule has 2 atom stereocenters. The average Bonchev–Trinajstić information content (AvgIpc) is 3.51. The summed E-state index contributed by atoms with van der Waals surface area (Å²) in [5, 5.41) is 0.131. The Morgan fingerprint density at radius 2 is 1.84 bits per heavy atom. The fourth-order valence-corrected chi connectivity index (χ4v) is 5.80. The highest BCUT2D eigenvalue weighted by Crippen LogP contribution is 2.39. The summed E-state index contributed by atoms with van der Waals surface area (Å²) in [6.07, 6.45) is 5.02. The number of methoxy groups -OCH3 is 1. The highest BCUT2D eigenvalue weighted by molar-refractivity contribution is 6.74. The van der Waals surface area contributed by atoms with Gasteiger partial charge in [0.05, 0.1) is 19.5 Å². The van der Waals surface area contributed by atoms with Crippen LogP contribution in [0, 0.1) is 0 Å². The van der Waals surface area contributed by atoms with Crippen molar-refractivity contribution >= 4 is 25.3 Å². The number of oxazole rings is 1. The summed E-state index contributed by atoms with van der Waals surface area (Å²) in [6, 6.07) is 13.4. The van der Waals surface area contributed by atoms with Crippen molar-refractivity contribution in [3.05, 3.63) is 66.2 Å². The molecule has 8 nitrogen and oxygen atoms in total. The van der Waals surface area contributed by atoms with Crippen LogP contribution in [-0.4, -0.2) is 42.0 Å². The SMILES string of the molecule is COc1ccc(-c2nc3c(C(CC[C@H](C)O[Si](C)(C)C(C)(C)C)n4cnc(C(N)=O)c4)cccc3o2)cc1. The van der Waals surface area contributed by atoms with E-state index in [-0.39, 0.29) is 22.9 Å². The molecule has 2 N–H and O–H groups in total. The Morgan fingerprint density at radius 3 is 2.45 bits per heavy atom. The van der Waals surface area contributed by atoms with E-state index in [1.807, 2.05) is 41.0 Å². The number of hydrogen-bond donors (Lipinski definition) is 1. The van der Waals surface area contributed by atoms with Crippen LogP contribution < -0.4 is 10.5 Å². The quantitative estimate of drug-likeness (QED) is 0.230. The van der Waals surface area contributed by atoms with Crippen LogP contribution >= 0.6 is 0 Å². The molecule has 2 heterocycles. The normalized spacial score (nSPS) is 14.0. The molecule has 9 heteroatoms. The van der Waals surface area contributed by atoms with Gasteiger partial charge in [0.1, 0.15) is 17.0 Å². The van der Waals surface area contributed by atoms with Gasteiger partial charge in [0.25, 0.3) is 5.91 Å². The number of nitrogens with two attached hydrogens (primary N) is 1. The number of primary amides is 1. The van der Waals surface area contributed by atoms with Gasteiger partial charge in [0.2, 0.25) is 5.89 Å². The number of ether oxygens (including phenoxy) is 1. The third-order valence-corrected chi connectivity index (χ3v) is 12.1. The summed E-state index contributed by atoms with van der Waals surface area (Å²) in [4.78, 5) is 20.9. The van der Waals surface area contributed by atoms with Crippen molar-refractivity contribution in [1.29, 1.82) is 0 Å². The largest absolute Gasteiger partial charge is 0.497 e. The number of hydrogen-bond acceptors (Lipinski definition) is 6. The molecule has 0 aliphatic heterocycles. The van der Waals surface area contributed by atoms with Gasteiger partial charge < -0.3 is 23.9 Å². The number of carbonyl (C=O) groups excluding carboxylic acids is 1. The van der Waals surface area contributed by atoms with Gasteiger partial charge in [-0.05, 0) is 68.2 Å². The van der Waals surface area contributed by atoms with Crippen molar-refractivity contribution in [1.82, 2.24) is 14.5 Å². The minimum atomic E-state index is -1.91. The molecular weight excluding hydrogens is 496 g/mol. The molecule has 0 saturated carbocycles. The van der Waals surface area contributed by atoms with Gasteiger partial charge in [-0.3, -0.25) is 4.79 Å². The Kier molecular flexibility index (Phi) is 7.80. The lowest BCUT2D eigenvalue weighted by Gasteiger charge is -2.38. The van der Waals surface area contributed by atoms with E-state index in [1.54, 1.807) is 19.6 Å². The van der Waals surface area contributed by atoms with E-state index < -0.39 is 14.2 Å². The number of amides is 1. The molecule has 0 aliphatic rings. The lowest BCUT2D eigenvalue weighted by molar-refractivity contribution is 0.0996. The number of imidazole rings is 1. The molecule has 0 radical (unpaired) electrons. The maximum Gasteiger partial charge on any atom is 0.268 e. The second kappa shape index (κ2) is 10.7. The summed E-state index contributed by atoms with van der Waals surface area (Å²) in [5.41, 5.74) is 9.05. The minimum Gasteiger partial charge on any atom is -0.497 e. The number of benzene rings is 2. The van der Waals surface area contributed by atoms with Crippen LogP contribution in [0.3, 0.4) is 0 Å². The molecule has 4 rings (SSSR count). The lowest BCUT2D eigenvalue weighted by Crippen LogP contribution is -2.43. The molecule has 0 bridgehead atoms. The molecular formula is C29H38N4O4Si. The highest BCUT2D eigenvalue weighted by Gasteiger charge is 2.38. The van der Waals surface area contributed by atoms with E-state index >= 15 is 0 Å². The van der Waals surface area contributed by atoms with Crippen LogP contribution in [0.25, 0.3) is 22.6 Å². The second-order valence-corrected chi connectivity index (χ2v) is 16.1. The Balaban J connectivity index is 1.69. The van der Waals surface area contributed by atoms with Gasteiger partial charge in [0, 0.05) is 23.4 Å². The zero-order valence-electron chi connectivity index (χ0n) is 23.3. The Morgan fingerprint density at radius 1 is 1.13 bits per heavy atom. The van der Waals surface area contributed by atoms with Gasteiger partial charge in [0.15, 0.2) is 13.9 Å². The van der Waals surface area contributed by atoms with E-state index in [0.717, 1.165) is 35.2 Å². The van der Waals surface area contributed by atoms with Crippen molar-refractivity contribution in [2.24, 2.45) is 5.73 Å². The summed E-state index contributed by atoms with van der Waals surface area (Å²) < 4.78 is 20.0. The molecule has 0 aliphatic carbocycles. The van der Waals surface area contributed by atoms with E-state index in [9.17, 15) is 4.79 Å². The third kappa shape index (κ3) is 5.84. The molecule has 202 valence electrons. The zero-order chi connectivity index (χ0) is 27.7. The first-order valence-electron chi connectivity index (χ1n) is 12.9. The average molecular weight is 535 g/mol. The Hall–Kier alpha value is -3.43. The molecule has 2 aromatic heterocycles. The first-order valence-corrected chi connectivity index (χ1v) is 15.9. The lowest BCUT2D eigenvalue weighted by atomic mass is 9.99. The monoisotopic (exact) mass is 534 g/mol.